The third-order valence-corrected chi connectivity index (χ3v) is 8.91. The minimum atomic E-state index is -0.961. The van der Waals surface area contributed by atoms with Crippen LogP contribution in [0.2, 0.25) is 0 Å². The van der Waals surface area contributed by atoms with Gasteiger partial charge in [-0.05, 0) is 56.7 Å². The van der Waals surface area contributed by atoms with Crippen molar-refractivity contribution < 1.29 is 14.3 Å². The molecule has 11 heteroatoms. The number of carbonyl (C=O) groups is 1. The van der Waals surface area contributed by atoms with Gasteiger partial charge in [-0.1, -0.05) is 18.3 Å². The molecule has 0 unspecified atom stereocenters. The Labute approximate surface area is 235 Å². The predicted molar refractivity (Wildman–Crippen MR) is 152 cm³/mol. The number of halogens is 1. The van der Waals surface area contributed by atoms with Gasteiger partial charge in [0.15, 0.2) is 5.13 Å². The molecule has 4 aromatic rings. The highest BCUT2D eigenvalue weighted by Gasteiger charge is 2.53. The molecule has 40 heavy (non-hydrogen) atoms. The Balaban J connectivity index is 1.31. The fraction of sp³-hybridized carbons (Fsp3) is 0.379. The first-order valence-electron chi connectivity index (χ1n) is 13.3. The van der Waals surface area contributed by atoms with Crippen LogP contribution in [0.5, 0.6) is 0 Å². The van der Waals surface area contributed by atoms with Gasteiger partial charge in [0.05, 0.1) is 16.9 Å². The van der Waals surface area contributed by atoms with Gasteiger partial charge >= 0.3 is 0 Å². The molecule has 9 nitrogen and oxygen atoms in total. The summed E-state index contributed by atoms with van der Waals surface area (Å²) in [5, 5.41) is 25.0. The quantitative estimate of drug-likeness (QED) is 0.379. The number of carbonyl (C=O) groups excluding carboxylic acids is 1. The van der Waals surface area contributed by atoms with Crippen molar-refractivity contribution in [2.45, 2.75) is 33.3 Å². The van der Waals surface area contributed by atoms with Gasteiger partial charge in [-0.2, -0.15) is 10.4 Å². The van der Waals surface area contributed by atoms with Crippen LogP contribution in [-0.2, 0) is 11.2 Å². The second-order valence-electron chi connectivity index (χ2n) is 10.9. The van der Waals surface area contributed by atoms with E-state index < -0.39 is 6.10 Å². The molecule has 0 radical (unpaired) electrons. The summed E-state index contributed by atoms with van der Waals surface area (Å²) < 4.78 is 15.5. The second kappa shape index (κ2) is 9.57. The summed E-state index contributed by atoms with van der Waals surface area (Å²) in [5.74, 6) is -0.541. The average Bonchev–Trinajstić information content (AvgIpc) is 3.49. The Morgan fingerprint density at radius 2 is 1.95 bits per heavy atom. The van der Waals surface area contributed by atoms with Crippen LogP contribution in [0.3, 0.4) is 0 Å². The minimum Gasteiger partial charge on any atom is -0.384 e. The number of likely N-dealkylation sites (tertiary alicyclic amines) is 1. The van der Waals surface area contributed by atoms with Crippen molar-refractivity contribution in [3.05, 3.63) is 58.5 Å². The number of aliphatic hydroxyl groups is 1. The van der Waals surface area contributed by atoms with E-state index in [0.717, 1.165) is 47.8 Å². The van der Waals surface area contributed by atoms with E-state index in [-0.39, 0.29) is 17.1 Å². The van der Waals surface area contributed by atoms with Crippen molar-refractivity contribution in [2.75, 3.05) is 43.0 Å². The molecular weight excluding hydrogens is 529 g/mol. The fourth-order valence-electron chi connectivity index (χ4n) is 5.87. The zero-order valence-corrected chi connectivity index (χ0v) is 23.7. The van der Waals surface area contributed by atoms with Crippen molar-refractivity contribution in [3.63, 3.8) is 0 Å². The number of aryl methyl sites for hydroxylation is 2. The van der Waals surface area contributed by atoms with Gasteiger partial charge in [0, 0.05) is 55.6 Å². The number of aromatic nitrogens is 3. The van der Waals surface area contributed by atoms with Crippen molar-refractivity contribution >= 4 is 39.3 Å². The summed E-state index contributed by atoms with van der Waals surface area (Å²) in [6.07, 6.45) is -0.241. The molecular formula is C29H30FN7O2S. The molecule has 1 atom stereocenters. The van der Waals surface area contributed by atoms with Crippen LogP contribution in [0.1, 0.15) is 30.1 Å². The molecule has 2 aliphatic rings. The summed E-state index contributed by atoms with van der Waals surface area (Å²) >= 11 is 1.30. The predicted octanol–water partition coefficient (Wildman–Crippen LogP) is 4.14. The number of nitrogens with zero attached hydrogens (tertiary/aromatic N) is 7. The van der Waals surface area contributed by atoms with Crippen LogP contribution in [0.4, 0.5) is 20.9 Å². The molecule has 0 bridgehead atoms. The number of pyridine rings is 1. The monoisotopic (exact) mass is 559 g/mol. The van der Waals surface area contributed by atoms with Gasteiger partial charge in [-0.15, -0.1) is 0 Å². The standard InChI is InChI=1S/C29H30FN7O2S/c1-5-22-26(34(4)28-32-25(24(12-31)40-28)19-6-8-20(30)9-7-19)23-11-21(10-17(2)37(23)33-22)35-13-29(14-35)15-36(16-29)27(39)18(3)38/h6-11,18,38H,5,13-16H2,1-4H3/t18-/m0/s1. The van der Waals surface area contributed by atoms with E-state index in [1.54, 1.807) is 17.0 Å². The highest BCUT2D eigenvalue weighted by Crippen LogP contribution is 2.44. The second-order valence-corrected chi connectivity index (χ2v) is 11.9. The lowest BCUT2D eigenvalue weighted by atomic mass is 9.72. The number of nitriles is 1. The third kappa shape index (κ3) is 4.19. The van der Waals surface area contributed by atoms with Crippen molar-refractivity contribution in [2.24, 2.45) is 5.41 Å². The number of aliphatic hydroxyl groups excluding tert-OH is 1. The van der Waals surface area contributed by atoms with E-state index in [9.17, 15) is 19.6 Å². The van der Waals surface area contributed by atoms with Crippen molar-refractivity contribution in [1.29, 1.82) is 5.26 Å². The third-order valence-electron chi connectivity index (χ3n) is 7.87. The molecule has 0 aliphatic carbocycles. The number of rotatable bonds is 6. The molecule has 0 saturated carbocycles. The van der Waals surface area contributed by atoms with Gasteiger partial charge < -0.3 is 19.8 Å². The van der Waals surface area contributed by atoms with Gasteiger partial charge in [0.25, 0.3) is 5.91 Å². The van der Waals surface area contributed by atoms with E-state index in [1.807, 2.05) is 23.4 Å². The topological polar surface area (TPSA) is 101 Å². The lowest BCUT2D eigenvalue weighted by Gasteiger charge is -2.61. The maximum Gasteiger partial charge on any atom is 0.251 e. The minimum absolute atomic E-state index is 0.0877. The zero-order valence-electron chi connectivity index (χ0n) is 22.8. The van der Waals surface area contributed by atoms with Crippen LogP contribution in [0.15, 0.2) is 36.4 Å². The maximum absolute atomic E-state index is 13.5. The first kappa shape index (κ1) is 26.2. The molecule has 206 valence electrons. The molecule has 1 aromatic carbocycles. The average molecular weight is 560 g/mol. The summed E-state index contributed by atoms with van der Waals surface area (Å²) in [6.45, 7) is 8.68. The molecule has 2 saturated heterocycles. The molecule has 3 aromatic heterocycles. The SMILES string of the molecule is CCc1nn2c(C)cc(N3CC4(CN(C(=O)[C@H](C)O)C4)C3)cc2c1N(C)c1nc(-c2ccc(F)cc2)c(C#N)s1. The fourth-order valence-corrected chi connectivity index (χ4v) is 6.72. The maximum atomic E-state index is 13.5. The highest BCUT2D eigenvalue weighted by molar-refractivity contribution is 7.16. The summed E-state index contributed by atoms with van der Waals surface area (Å²) in [4.78, 5) is 23.4. The van der Waals surface area contributed by atoms with E-state index in [4.69, 9.17) is 10.1 Å². The van der Waals surface area contributed by atoms with E-state index >= 15 is 0 Å². The number of thiazole rings is 1. The number of benzene rings is 1. The molecule has 1 N–H and O–H groups in total. The molecule has 5 heterocycles. The van der Waals surface area contributed by atoms with Crippen LogP contribution in [0, 0.1) is 29.5 Å². The summed E-state index contributed by atoms with van der Waals surface area (Å²) in [6, 6.07) is 12.5. The number of hydrogen-bond donors (Lipinski definition) is 1. The lowest BCUT2D eigenvalue weighted by Crippen LogP contribution is -2.73. The first-order chi connectivity index (χ1) is 19.1. The van der Waals surface area contributed by atoms with E-state index in [1.165, 1.54) is 30.4 Å². The largest absolute Gasteiger partial charge is 0.384 e. The Hall–Kier alpha value is -4.01. The van der Waals surface area contributed by atoms with Gasteiger partial charge in [-0.25, -0.2) is 13.9 Å². The van der Waals surface area contributed by atoms with Crippen LogP contribution in [-0.4, -0.2) is 69.8 Å². The van der Waals surface area contributed by atoms with E-state index in [0.29, 0.717) is 34.4 Å². The molecule has 1 spiro atoms. The number of hydrogen-bond acceptors (Lipinski definition) is 8. The number of anilines is 3. The summed E-state index contributed by atoms with van der Waals surface area (Å²) in [5.41, 5.74) is 6.23. The van der Waals surface area contributed by atoms with E-state index in [2.05, 4.69) is 30.0 Å². The Bertz CT molecular complexity index is 1660. The number of amides is 1. The van der Waals surface area contributed by atoms with Crippen molar-refractivity contribution in [1.82, 2.24) is 19.5 Å². The Kier molecular flexibility index (Phi) is 6.27. The molecule has 2 fully saturated rings. The van der Waals surface area contributed by atoms with Crippen molar-refractivity contribution in [3.8, 4) is 17.3 Å². The first-order valence-corrected chi connectivity index (χ1v) is 14.1. The zero-order chi connectivity index (χ0) is 28.3. The summed E-state index contributed by atoms with van der Waals surface area (Å²) in [7, 11) is 1.94. The normalized spacial score (nSPS) is 16.5. The van der Waals surface area contributed by atoms with Crippen LogP contribution >= 0.6 is 11.3 Å². The van der Waals surface area contributed by atoms with Crippen LogP contribution < -0.4 is 9.80 Å². The molecule has 1 amide bonds. The van der Waals surface area contributed by atoms with Gasteiger partial charge in [0.1, 0.15) is 28.6 Å². The van der Waals surface area contributed by atoms with Crippen LogP contribution in [0.25, 0.3) is 16.8 Å². The highest BCUT2D eigenvalue weighted by atomic mass is 32.1. The lowest BCUT2D eigenvalue weighted by molar-refractivity contribution is -0.153. The van der Waals surface area contributed by atoms with Gasteiger partial charge in [0.2, 0.25) is 0 Å². The van der Waals surface area contributed by atoms with Gasteiger partial charge in [-0.3, -0.25) is 4.79 Å². The Morgan fingerprint density at radius 3 is 2.58 bits per heavy atom. The molecule has 6 rings (SSSR count). The molecule has 2 aliphatic heterocycles. The smallest absolute Gasteiger partial charge is 0.251 e. The Morgan fingerprint density at radius 1 is 1.25 bits per heavy atom. The number of fused-ring (bicyclic) bond motifs is 1.